The number of carbonyl (C=O) groups is 1. The molecule has 0 radical (unpaired) electrons. The molecule has 0 aliphatic carbocycles. The zero-order valence-electron chi connectivity index (χ0n) is 26.8. The van der Waals surface area contributed by atoms with Crippen LogP contribution in [0.4, 0.5) is 37.5 Å². The van der Waals surface area contributed by atoms with E-state index in [9.17, 15) is 13.6 Å². The van der Waals surface area contributed by atoms with Crippen LogP contribution in [-0.2, 0) is 16.2 Å². The van der Waals surface area contributed by atoms with Crippen LogP contribution in [0.5, 0.6) is 11.5 Å². The van der Waals surface area contributed by atoms with Crippen LogP contribution < -0.4 is 30.1 Å². The fourth-order valence-electron chi connectivity index (χ4n) is 5.73. The Balaban J connectivity index is 1.23. The zero-order chi connectivity index (χ0) is 33.6. The molecule has 3 heterocycles. The number of anilines is 5. The van der Waals surface area contributed by atoms with E-state index in [-0.39, 0.29) is 30.1 Å². The molecule has 0 saturated carbocycles. The molecular weight excluding hydrogens is 620 g/mol. The number of aromatic nitrogens is 2. The molecule has 13 heteroatoms. The summed E-state index contributed by atoms with van der Waals surface area (Å²) in [6, 6.07) is 15.8. The van der Waals surface area contributed by atoms with Gasteiger partial charge in [0.05, 0.1) is 36.8 Å². The third kappa shape index (κ3) is 7.48. The van der Waals surface area contributed by atoms with Gasteiger partial charge in [-0.3, -0.25) is 9.63 Å². The number of amides is 1. The van der Waals surface area contributed by atoms with Gasteiger partial charge in [-0.05, 0) is 54.6 Å². The zero-order valence-corrected chi connectivity index (χ0v) is 26.8. The van der Waals surface area contributed by atoms with Gasteiger partial charge in [-0.15, -0.1) is 0 Å². The van der Waals surface area contributed by atoms with Crippen LogP contribution in [-0.4, -0.2) is 67.7 Å². The summed E-state index contributed by atoms with van der Waals surface area (Å²) in [5, 5.41) is 7.90. The van der Waals surface area contributed by atoms with Gasteiger partial charge in [-0.2, -0.15) is 0 Å². The lowest BCUT2D eigenvalue weighted by Gasteiger charge is -2.35. The van der Waals surface area contributed by atoms with Crippen molar-refractivity contribution in [3.8, 4) is 11.5 Å². The molecule has 2 N–H and O–H groups in total. The number of methoxy groups -OCH3 is 1. The molecule has 1 amide bonds. The maximum absolute atomic E-state index is 14.7. The van der Waals surface area contributed by atoms with Crippen molar-refractivity contribution < 1.29 is 27.9 Å². The van der Waals surface area contributed by atoms with Crippen molar-refractivity contribution in [1.82, 2.24) is 14.9 Å². The van der Waals surface area contributed by atoms with Gasteiger partial charge in [0.2, 0.25) is 5.91 Å². The Labute approximate surface area is 277 Å². The Morgan fingerprint density at radius 3 is 2.65 bits per heavy atom. The predicted molar refractivity (Wildman–Crippen MR) is 180 cm³/mol. The number of hydrogen-bond acceptors (Lipinski definition) is 10. The molecule has 6 rings (SSSR count). The highest BCUT2D eigenvalue weighted by Crippen LogP contribution is 2.40. The molecule has 2 saturated heterocycles. The fraction of sp³-hybridized carbons (Fsp3) is 0.286. The van der Waals surface area contributed by atoms with Crippen molar-refractivity contribution in [2.45, 2.75) is 19.1 Å². The molecule has 0 bridgehead atoms. The first-order chi connectivity index (χ1) is 23.3. The number of nitrogens with zero attached hydrogens (tertiary/aromatic N) is 5. The number of benzene rings is 3. The number of ether oxygens (including phenoxy) is 2. The second-order valence-electron chi connectivity index (χ2n) is 11.5. The number of nitrogens with one attached hydrogen (secondary N) is 2. The van der Waals surface area contributed by atoms with E-state index in [2.05, 4.69) is 44.0 Å². The van der Waals surface area contributed by atoms with E-state index in [0.29, 0.717) is 47.4 Å². The average Bonchev–Trinajstić information content (AvgIpc) is 3.59. The predicted octanol–water partition coefficient (Wildman–Crippen LogP) is 5.85. The number of piperazine rings is 1. The van der Waals surface area contributed by atoms with Gasteiger partial charge < -0.3 is 29.9 Å². The van der Waals surface area contributed by atoms with E-state index < -0.39 is 5.82 Å². The van der Waals surface area contributed by atoms with E-state index in [1.807, 2.05) is 12.1 Å². The van der Waals surface area contributed by atoms with Crippen LogP contribution in [0.3, 0.4) is 0 Å². The molecule has 2 aliphatic rings. The maximum Gasteiger partial charge on any atom is 0.247 e. The Morgan fingerprint density at radius 2 is 1.88 bits per heavy atom. The van der Waals surface area contributed by atoms with Gasteiger partial charge in [0, 0.05) is 44.7 Å². The quantitative estimate of drug-likeness (QED) is 0.191. The van der Waals surface area contributed by atoms with Gasteiger partial charge in [0.25, 0.3) is 0 Å². The van der Waals surface area contributed by atoms with Gasteiger partial charge in [0.1, 0.15) is 30.3 Å². The Bertz CT molecular complexity index is 1780. The highest BCUT2D eigenvalue weighted by Gasteiger charge is 2.30. The molecule has 0 spiro atoms. The van der Waals surface area contributed by atoms with Crippen molar-refractivity contribution >= 4 is 34.6 Å². The third-order valence-corrected chi connectivity index (χ3v) is 8.27. The van der Waals surface area contributed by atoms with Crippen LogP contribution in [0.15, 0.2) is 79.6 Å². The number of carbonyl (C=O) groups excluding carboxylic acids is 1. The number of hydrogen-bond donors (Lipinski definition) is 2. The van der Waals surface area contributed by atoms with E-state index in [1.165, 1.54) is 30.6 Å². The highest BCUT2D eigenvalue weighted by atomic mass is 19.1. The van der Waals surface area contributed by atoms with Gasteiger partial charge in [-0.1, -0.05) is 24.8 Å². The van der Waals surface area contributed by atoms with Crippen LogP contribution in [0, 0.1) is 11.6 Å². The van der Waals surface area contributed by atoms with Gasteiger partial charge in [0.15, 0.2) is 17.4 Å². The minimum atomic E-state index is -0.523. The molecule has 4 aromatic rings. The summed E-state index contributed by atoms with van der Waals surface area (Å²) in [5.41, 5.74) is 3.39. The molecule has 11 nitrogen and oxygen atoms in total. The van der Waals surface area contributed by atoms with Crippen LogP contribution in [0.25, 0.3) is 0 Å². The number of likely N-dealkylation sites (N-methyl/N-ethyl adjacent to an activating group) is 1. The fourth-order valence-corrected chi connectivity index (χ4v) is 5.73. The summed E-state index contributed by atoms with van der Waals surface area (Å²) in [7, 11) is 3.67. The Kier molecular flexibility index (Phi) is 9.97. The molecular formula is C35H37F2N7O4. The van der Waals surface area contributed by atoms with Gasteiger partial charge in [-0.25, -0.2) is 23.8 Å². The Morgan fingerprint density at radius 1 is 1.04 bits per heavy atom. The molecule has 2 aliphatic heterocycles. The van der Waals surface area contributed by atoms with Crippen LogP contribution in [0.2, 0.25) is 0 Å². The minimum absolute atomic E-state index is 0.0166. The van der Waals surface area contributed by atoms with Crippen molar-refractivity contribution in [2.24, 2.45) is 0 Å². The molecule has 3 aromatic carbocycles. The lowest BCUT2D eigenvalue weighted by molar-refractivity contribution is -0.111. The molecule has 250 valence electrons. The Hall–Kier alpha value is -5.27. The van der Waals surface area contributed by atoms with Gasteiger partial charge >= 0.3 is 0 Å². The summed E-state index contributed by atoms with van der Waals surface area (Å²) in [6.07, 6.45) is 3.27. The monoisotopic (exact) mass is 657 g/mol. The smallest absolute Gasteiger partial charge is 0.247 e. The van der Waals surface area contributed by atoms with Crippen molar-refractivity contribution in [3.05, 3.63) is 102 Å². The standard InChI is InChI=1S/C35H37F2N7O4/c1-4-35(45)41-27-18-28(32(46-3)19-30(27)43-13-11-42(2)12-14-43)40-33-20-34(39-22-38-33)44-29(10-15-48-44)24-8-9-26(37)31(17-24)47-21-23-6-5-7-25(36)16-23/h4-9,16-20,22,29H,1,10-15,21H2,2-3H3,(H,41,45)(H,38,39,40). The topological polar surface area (TPSA) is 104 Å². The first-order valence-corrected chi connectivity index (χ1v) is 15.6. The lowest BCUT2D eigenvalue weighted by atomic mass is 10.0. The maximum atomic E-state index is 14.7. The molecule has 1 atom stereocenters. The molecule has 1 aromatic heterocycles. The second kappa shape index (κ2) is 14.7. The largest absolute Gasteiger partial charge is 0.494 e. The van der Waals surface area contributed by atoms with Crippen molar-refractivity contribution in [1.29, 1.82) is 0 Å². The highest BCUT2D eigenvalue weighted by molar-refractivity contribution is 6.02. The molecule has 48 heavy (non-hydrogen) atoms. The number of halogens is 2. The molecule has 2 fully saturated rings. The van der Waals surface area contributed by atoms with E-state index in [0.717, 1.165) is 37.4 Å². The van der Waals surface area contributed by atoms with Crippen LogP contribution >= 0.6 is 0 Å². The number of rotatable bonds is 11. The minimum Gasteiger partial charge on any atom is -0.494 e. The van der Waals surface area contributed by atoms with Crippen molar-refractivity contribution in [2.75, 3.05) is 67.5 Å². The van der Waals surface area contributed by atoms with Crippen LogP contribution in [0.1, 0.15) is 23.6 Å². The van der Waals surface area contributed by atoms with E-state index in [4.69, 9.17) is 14.3 Å². The number of hydroxylamine groups is 1. The van der Waals surface area contributed by atoms with E-state index in [1.54, 1.807) is 42.5 Å². The lowest BCUT2D eigenvalue weighted by Crippen LogP contribution is -2.44. The summed E-state index contributed by atoms with van der Waals surface area (Å²) in [5.74, 6) is 0.322. The normalized spacial score (nSPS) is 16.5. The average molecular weight is 658 g/mol. The summed E-state index contributed by atoms with van der Waals surface area (Å²) >= 11 is 0. The second-order valence-corrected chi connectivity index (χ2v) is 11.5. The summed E-state index contributed by atoms with van der Waals surface area (Å²) in [6.45, 7) is 7.41. The summed E-state index contributed by atoms with van der Waals surface area (Å²) < 4.78 is 39.8. The van der Waals surface area contributed by atoms with E-state index >= 15 is 0 Å². The first kappa shape index (κ1) is 32.7. The first-order valence-electron chi connectivity index (χ1n) is 15.6. The SMILES string of the molecule is C=CC(=O)Nc1cc(Nc2cc(N3OCCC3c3ccc(F)c(OCc4cccc(F)c4)c3)ncn2)c(OC)cc1N1CCN(C)CC1. The molecule has 1 unspecified atom stereocenters. The summed E-state index contributed by atoms with van der Waals surface area (Å²) in [4.78, 5) is 31.7. The van der Waals surface area contributed by atoms with Crippen molar-refractivity contribution in [3.63, 3.8) is 0 Å². The third-order valence-electron chi connectivity index (χ3n) is 8.27.